The van der Waals surface area contributed by atoms with Crippen molar-refractivity contribution in [3.05, 3.63) is 41.0 Å². The quantitative estimate of drug-likeness (QED) is 0.391. The zero-order valence-electron chi connectivity index (χ0n) is 20.3. The normalized spacial score (nSPS) is 15.5. The number of furan rings is 1. The van der Waals surface area contributed by atoms with E-state index in [-0.39, 0.29) is 27.7 Å². The Labute approximate surface area is 207 Å². The molecule has 0 unspecified atom stereocenters. The van der Waals surface area contributed by atoms with Crippen LogP contribution in [0.3, 0.4) is 0 Å². The minimum atomic E-state index is -3.81. The van der Waals surface area contributed by atoms with Crippen molar-refractivity contribution < 1.29 is 17.6 Å². The summed E-state index contributed by atoms with van der Waals surface area (Å²) in [6.07, 6.45) is 2.80. The maximum Gasteiger partial charge on any atom is 0.279 e. The molecular formula is C23H27N7O5S. The van der Waals surface area contributed by atoms with E-state index in [0.717, 1.165) is 6.54 Å². The summed E-state index contributed by atoms with van der Waals surface area (Å²) in [4.78, 5) is 26.8. The van der Waals surface area contributed by atoms with Gasteiger partial charge in [0.2, 0.25) is 15.9 Å². The number of hydrogen-bond donors (Lipinski definition) is 1. The summed E-state index contributed by atoms with van der Waals surface area (Å²) in [6, 6.07) is 4.93. The molecule has 0 spiro atoms. The number of aromatic nitrogens is 5. The summed E-state index contributed by atoms with van der Waals surface area (Å²) in [5, 5.41) is 4.29. The number of hydrogen-bond acceptors (Lipinski definition) is 9. The molecule has 0 saturated carbocycles. The van der Waals surface area contributed by atoms with E-state index in [9.17, 15) is 13.2 Å². The number of pyridine rings is 1. The summed E-state index contributed by atoms with van der Waals surface area (Å²) >= 11 is 0. The van der Waals surface area contributed by atoms with Crippen LogP contribution in [0.4, 0.5) is 0 Å². The molecule has 190 valence electrons. The minimum Gasteiger partial charge on any atom is -0.477 e. The molecule has 5 rings (SSSR count). The molecule has 0 aliphatic carbocycles. The van der Waals surface area contributed by atoms with E-state index in [0.29, 0.717) is 49.8 Å². The minimum absolute atomic E-state index is 0.00564. The predicted octanol–water partition coefficient (Wildman–Crippen LogP) is 1.70. The van der Waals surface area contributed by atoms with Crippen LogP contribution in [-0.2, 0) is 17.1 Å². The first-order valence-corrected chi connectivity index (χ1v) is 13.1. The van der Waals surface area contributed by atoms with E-state index in [4.69, 9.17) is 9.15 Å². The molecule has 1 fully saturated rings. The van der Waals surface area contributed by atoms with Gasteiger partial charge in [-0.15, -0.1) is 0 Å². The molecule has 0 amide bonds. The van der Waals surface area contributed by atoms with Crippen molar-refractivity contribution in [2.45, 2.75) is 18.7 Å². The van der Waals surface area contributed by atoms with Crippen molar-refractivity contribution in [2.24, 2.45) is 7.05 Å². The number of H-pyrrole nitrogens is 1. The Balaban J connectivity index is 1.63. The smallest absolute Gasteiger partial charge is 0.279 e. The number of aryl methyl sites for hydroxylation is 1. The molecule has 1 saturated heterocycles. The van der Waals surface area contributed by atoms with Crippen molar-refractivity contribution in [1.82, 2.24) is 33.9 Å². The number of nitrogens with one attached hydrogen (secondary N) is 1. The summed E-state index contributed by atoms with van der Waals surface area (Å²) < 4.78 is 41.0. The van der Waals surface area contributed by atoms with Crippen LogP contribution in [0.2, 0.25) is 0 Å². The van der Waals surface area contributed by atoms with Gasteiger partial charge in [-0.1, -0.05) is 6.92 Å². The third-order valence-electron chi connectivity index (χ3n) is 6.23. The highest BCUT2D eigenvalue weighted by molar-refractivity contribution is 7.89. The number of ether oxygens (including phenoxy) is 1. The highest BCUT2D eigenvalue weighted by Gasteiger charge is 2.30. The Morgan fingerprint density at radius 2 is 1.94 bits per heavy atom. The van der Waals surface area contributed by atoms with Crippen LogP contribution in [0.25, 0.3) is 33.9 Å². The second-order valence-corrected chi connectivity index (χ2v) is 10.3. The molecule has 0 atom stereocenters. The molecule has 1 N–H and O–H groups in total. The number of likely N-dealkylation sites (N-methyl/N-ethyl adjacent to an activating group) is 1. The van der Waals surface area contributed by atoms with Gasteiger partial charge in [-0.3, -0.25) is 9.48 Å². The lowest BCUT2D eigenvalue weighted by Gasteiger charge is -2.33. The molecule has 0 bridgehead atoms. The van der Waals surface area contributed by atoms with Gasteiger partial charge in [0, 0.05) is 33.2 Å². The fourth-order valence-electron chi connectivity index (χ4n) is 4.33. The molecule has 0 aromatic carbocycles. The maximum absolute atomic E-state index is 13.4. The van der Waals surface area contributed by atoms with E-state index < -0.39 is 15.6 Å². The van der Waals surface area contributed by atoms with Gasteiger partial charge >= 0.3 is 0 Å². The summed E-state index contributed by atoms with van der Waals surface area (Å²) in [5.74, 6) is 0.782. The average Bonchev–Trinajstić information content (AvgIpc) is 3.51. The van der Waals surface area contributed by atoms with Crippen molar-refractivity contribution in [1.29, 1.82) is 0 Å². The molecule has 4 aromatic heterocycles. The van der Waals surface area contributed by atoms with Gasteiger partial charge in [0.25, 0.3) is 5.56 Å². The molecule has 5 heterocycles. The number of rotatable bonds is 7. The van der Waals surface area contributed by atoms with Gasteiger partial charge in [0.15, 0.2) is 11.3 Å². The Hall–Kier alpha value is -3.55. The molecule has 36 heavy (non-hydrogen) atoms. The Kier molecular flexibility index (Phi) is 6.36. The fraction of sp³-hybridized carbons (Fsp3) is 0.391. The molecule has 1 aliphatic rings. The van der Waals surface area contributed by atoms with E-state index >= 15 is 0 Å². The first-order chi connectivity index (χ1) is 17.3. The summed E-state index contributed by atoms with van der Waals surface area (Å²) in [7, 11) is -2.12. The van der Waals surface area contributed by atoms with Crippen molar-refractivity contribution in [2.75, 3.05) is 39.3 Å². The second-order valence-electron chi connectivity index (χ2n) is 8.36. The van der Waals surface area contributed by atoms with Gasteiger partial charge in [0.1, 0.15) is 21.9 Å². The molecule has 1 aliphatic heterocycles. The van der Waals surface area contributed by atoms with Crippen LogP contribution in [-0.4, -0.2) is 81.7 Å². The first-order valence-electron chi connectivity index (χ1n) is 11.7. The topological polar surface area (TPSA) is 139 Å². The van der Waals surface area contributed by atoms with Gasteiger partial charge < -0.3 is 19.0 Å². The Bertz CT molecular complexity index is 1550. The standard InChI is InChI=1S/C23H27N7O5S/c1-4-29-8-10-30(11-9-29)36(32,33)15-13-16(23(24-14-15)34-5-2)21-25-18-19(22(31)26-21)27-28(3)20(18)17-7-6-12-35-17/h6-7,12-14H,4-5,8-11H2,1-3H3,(H,25,26,31). The Morgan fingerprint density at radius 3 is 2.61 bits per heavy atom. The number of aromatic amines is 1. The van der Waals surface area contributed by atoms with Crippen LogP contribution < -0.4 is 10.3 Å². The van der Waals surface area contributed by atoms with E-state index in [2.05, 4.69) is 31.9 Å². The van der Waals surface area contributed by atoms with Gasteiger partial charge in [0.05, 0.1) is 24.6 Å². The van der Waals surface area contributed by atoms with Gasteiger partial charge in [-0.05, 0) is 31.7 Å². The predicted molar refractivity (Wildman–Crippen MR) is 132 cm³/mol. The van der Waals surface area contributed by atoms with Gasteiger partial charge in [-0.25, -0.2) is 18.4 Å². The molecule has 0 radical (unpaired) electrons. The van der Waals surface area contributed by atoms with E-state index in [1.807, 2.05) is 0 Å². The fourth-order valence-corrected chi connectivity index (χ4v) is 5.72. The van der Waals surface area contributed by atoms with E-state index in [1.165, 1.54) is 27.5 Å². The lowest BCUT2D eigenvalue weighted by Crippen LogP contribution is -2.48. The number of nitrogens with zero attached hydrogens (tertiary/aromatic N) is 6. The molecule has 12 nitrogen and oxygen atoms in total. The summed E-state index contributed by atoms with van der Waals surface area (Å²) in [5.41, 5.74) is 0.757. The van der Waals surface area contributed by atoms with Crippen LogP contribution in [0.5, 0.6) is 5.88 Å². The average molecular weight is 514 g/mol. The first kappa shape index (κ1) is 24.2. The molecular weight excluding hydrogens is 486 g/mol. The summed E-state index contributed by atoms with van der Waals surface area (Å²) in [6.45, 7) is 7.12. The number of sulfonamides is 1. The lowest BCUT2D eigenvalue weighted by atomic mass is 10.2. The van der Waals surface area contributed by atoms with Crippen LogP contribution in [0, 0.1) is 0 Å². The number of piperazine rings is 1. The zero-order chi connectivity index (χ0) is 25.4. The third kappa shape index (κ3) is 4.18. The third-order valence-corrected chi connectivity index (χ3v) is 8.09. The maximum atomic E-state index is 13.4. The van der Waals surface area contributed by atoms with Gasteiger partial charge in [-0.2, -0.15) is 9.40 Å². The lowest BCUT2D eigenvalue weighted by molar-refractivity contribution is 0.196. The molecule has 4 aromatic rings. The molecule has 13 heteroatoms. The van der Waals surface area contributed by atoms with Crippen molar-refractivity contribution in [3.8, 4) is 28.7 Å². The van der Waals surface area contributed by atoms with E-state index in [1.54, 1.807) is 26.1 Å². The van der Waals surface area contributed by atoms with Crippen LogP contribution in [0.15, 0.2) is 44.8 Å². The zero-order valence-corrected chi connectivity index (χ0v) is 21.1. The van der Waals surface area contributed by atoms with Crippen LogP contribution in [0.1, 0.15) is 13.8 Å². The van der Waals surface area contributed by atoms with Crippen LogP contribution >= 0.6 is 0 Å². The SMILES string of the molecule is CCOc1ncc(S(=O)(=O)N2CCN(CC)CC2)cc1-c1nc2c(-c3ccco3)n(C)nc2c(=O)[nH]1. The number of fused-ring (bicyclic) bond motifs is 1. The monoisotopic (exact) mass is 513 g/mol. The highest BCUT2D eigenvalue weighted by atomic mass is 32.2. The highest BCUT2D eigenvalue weighted by Crippen LogP contribution is 2.32. The largest absolute Gasteiger partial charge is 0.477 e. The van der Waals surface area contributed by atoms with Crippen molar-refractivity contribution in [3.63, 3.8) is 0 Å². The van der Waals surface area contributed by atoms with Crippen molar-refractivity contribution >= 4 is 21.1 Å². The second kappa shape index (κ2) is 9.48. The Morgan fingerprint density at radius 1 is 1.17 bits per heavy atom.